The predicted octanol–water partition coefficient (Wildman–Crippen LogP) is 2.32. The topological polar surface area (TPSA) is 87.5 Å². The summed E-state index contributed by atoms with van der Waals surface area (Å²) in [6.45, 7) is 3.05. The van der Waals surface area contributed by atoms with Crippen LogP contribution < -0.4 is 15.5 Å². The second-order valence-electron chi connectivity index (χ2n) is 5.13. The quantitative estimate of drug-likeness (QED) is 0.663. The van der Waals surface area contributed by atoms with Gasteiger partial charge in [0.25, 0.3) is 11.6 Å². The summed E-state index contributed by atoms with van der Waals surface area (Å²) in [4.78, 5) is 25.6. The molecule has 1 amide bonds. The fourth-order valence-electron chi connectivity index (χ4n) is 2.52. The lowest BCUT2D eigenvalue weighted by Gasteiger charge is -2.29. The predicted molar refractivity (Wildman–Crippen MR) is 90.5 cm³/mol. The average Bonchev–Trinajstić information content (AvgIpc) is 3.10. The molecular weight excluding hydrogens is 316 g/mol. The van der Waals surface area contributed by atoms with Gasteiger partial charge in [-0.2, -0.15) is 0 Å². The van der Waals surface area contributed by atoms with Crippen molar-refractivity contribution < 1.29 is 9.72 Å². The summed E-state index contributed by atoms with van der Waals surface area (Å²) in [6.07, 6.45) is 0. The van der Waals surface area contributed by atoms with Crippen LogP contribution in [0.4, 0.5) is 17.1 Å². The van der Waals surface area contributed by atoms with E-state index in [2.05, 4.69) is 10.6 Å². The highest BCUT2D eigenvalue weighted by atomic mass is 32.1. The average molecular weight is 332 g/mol. The van der Waals surface area contributed by atoms with Gasteiger partial charge in [0.05, 0.1) is 9.80 Å². The lowest BCUT2D eigenvalue weighted by atomic mass is 10.2. The number of hydrogen-bond donors (Lipinski definition) is 2. The van der Waals surface area contributed by atoms with Crippen molar-refractivity contribution in [1.29, 1.82) is 0 Å². The fraction of sp³-hybridized carbons (Fsp3) is 0.267. The van der Waals surface area contributed by atoms with Gasteiger partial charge in [-0.05, 0) is 23.6 Å². The van der Waals surface area contributed by atoms with Crippen LogP contribution in [-0.2, 0) is 0 Å². The van der Waals surface area contributed by atoms with E-state index in [0.717, 1.165) is 26.2 Å². The van der Waals surface area contributed by atoms with Crippen LogP contribution in [0.5, 0.6) is 0 Å². The lowest BCUT2D eigenvalue weighted by Crippen LogP contribution is -2.43. The zero-order valence-electron chi connectivity index (χ0n) is 12.3. The van der Waals surface area contributed by atoms with Crippen molar-refractivity contribution in [3.8, 4) is 0 Å². The van der Waals surface area contributed by atoms with E-state index in [0.29, 0.717) is 16.3 Å². The van der Waals surface area contributed by atoms with Crippen LogP contribution in [0.1, 0.15) is 9.67 Å². The largest absolute Gasteiger partial charge is 0.363 e. The Morgan fingerprint density at radius 2 is 2.09 bits per heavy atom. The van der Waals surface area contributed by atoms with E-state index in [1.54, 1.807) is 24.3 Å². The first kappa shape index (κ1) is 15.4. The van der Waals surface area contributed by atoms with Gasteiger partial charge in [0.2, 0.25) is 0 Å². The van der Waals surface area contributed by atoms with Gasteiger partial charge in [-0.15, -0.1) is 11.3 Å². The molecule has 0 saturated carbocycles. The number of amides is 1. The Kier molecular flexibility index (Phi) is 4.54. The number of benzene rings is 1. The van der Waals surface area contributed by atoms with Crippen LogP contribution in [-0.4, -0.2) is 37.0 Å². The molecule has 1 fully saturated rings. The molecule has 0 unspecified atom stereocenters. The highest BCUT2D eigenvalue weighted by Gasteiger charge is 2.22. The Labute approximate surface area is 137 Å². The summed E-state index contributed by atoms with van der Waals surface area (Å²) in [6, 6.07) is 8.32. The second kappa shape index (κ2) is 6.76. The molecule has 2 aromatic rings. The standard InChI is InChI=1S/C15H16N4O3S/c20-15(14-2-1-9-23-14)17-11-3-4-12(13(10-11)19(21)22)18-7-5-16-6-8-18/h1-4,9-10,16H,5-8H2,(H,17,20). The van der Waals surface area contributed by atoms with Gasteiger partial charge in [-0.3, -0.25) is 14.9 Å². The van der Waals surface area contributed by atoms with Gasteiger partial charge in [0.15, 0.2) is 0 Å². The van der Waals surface area contributed by atoms with Crippen LogP contribution in [0.15, 0.2) is 35.7 Å². The zero-order chi connectivity index (χ0) is 16.2. The fourth-order valence-corrected chi connectivity index (χ4v) is 3.14. The lowest BCUT2D eigenvalue weighted by molar-refractivity contribution is -0.384. The highest BCUT2D eigenvalue weighted by molar-refractivity contribution is 7.12. The van der Waals surface area contributed by atoms with Crippen molar-refractivity contribution in [2.45, 2.75) is 0 Å². The molecular formula is C15H16N4O3S. The van der Waals surface area contributed by atoms with Gasteiger partial charge < -0.3 is 15.5 Å². The summed E-state index contributed by atoms with van der Waals surface area (Å²) in [7, 11) is 0. The smallest absolute Gasteiger partial charge is 0.294 e. The number of nitro groups is 1. The van der Waals surface area contributed by atoms with Crippen LogP contribution >= 0.6 is 11.3 Å². The van der Waals surface area contributed by atoms with E-state index >= 15 is 0 Å². The Balaban J connectivity index is 1.84. The molecule has 0 atom stereocenters. The molecule has 0 bridgehead atoms. The van der Waals surface area contributed by atoms with E-state index in [9.17, 15) is 14.9 Å². The number of nitrogens with zero attached hydrogens (tertiary/aromatic N) is 2. The number of piperazine rings is 1. The van der Waals surface area contributed by atoms with E-state index < -0.39 is 4.92 Å². The molecule has 1 aliphatic heterocycles. The minimum atomic E-state index is -0.405. The molecule has 7 nitrogen and oxygen atoms in total. The molecule has 1 saturated heterocycles. The molecule has 8 heteroatoms. The Hall–Kier alpha value is -2.45. The number of anilines is 2. The van der Waals surface area contributed by atoms with E-state index in [-0.39, 0.29) is 11.6 Å². The number of carbonyl (C=O) groups excluding carboxylic acids is 1. The molecule has 1 aliphatic rings. The summed E-state index contributed by atoms with van der Waals surface area (Å²) < 4.78 is 0. The SMILES string of the molecule is O=C(Nc1ccc(N2CCNCC2)c([N+](=O)[O-])c1)c1cccs1. The zero-order valence-corrected chi connectivity index (χ0v) is 13.1. The Morgan fingerprint density at radius 3 is 2.74 bits per heavy atom. The molecule has 1 aromatic heterocycles. The van der Waals surface area contributed by atoms with Crippen LogP contribution in [0.2, 0.25) is 0 Å². The van der Waals surface area contributed by atoms with Gasteiger partial charge in [0, 0.05) is 37.9 Å². The van der Waals surface area contributed by atoms with Crippen LogP contribution in [0, 0.1) is 10.1 Å². The summed E-state index contributed by atoms with van der Waals surface area (Å²) >= 11 is 1.33. The molecule has 2 N–H and O–H groups in total. The molecule has 2 heterocycles. The first-order valence-corrected chi connectivity index (χ1v) is 8.12. The van der Waals surface area contributed by atoms with Gasteiger partial charge in [0.1, 0.15) is 5.69 Å². The van der Waals surface area contributed by atoms with Crippen molar-refractivity contribution in [2.24, 2.45) is 0 Å². The van der Waals surface area contributed by atoms with Crippen molar-refractivity contribution in [2.75, 3.05) is 36.4 Å². The normalized spacial score (nSPS) is 14.5. The maximum atomic E-state index is 12.1. The van der Waals surface area contributed by atoms with Gasteiger partial charge >= 0.3 is 0 Å². The third kappa shape index (κ3) is 3.49. The number of carbonyl (C=O) groups is 1. The van der Waals surface area contributed by atoms with Crippen molar-refractivity contribution in [1.82, 2.24) is 5.32 Å². The minimum Gasteiger partial charge on any atom is -0.363 e. The number of thiophene rings is 1. The number of hydrogen-bond acceptors (Lipinski definition) is 6. The maximum absolute atomic E-state index is 12.1. The van der Waals surface area contributed by atoms with Crippen LogP contribution in [0.3, 0.4) is 0 Å². The molecule has 3 rings (SSSR count). The number of rotatable bonds is 4. The maximum Gasteiger partial charge on any atom is 0.294 e. The highest BCUT2D eigenvalue weighted by Crippen LogP contribution is 2.31. The molecule has 0 spiro atoms. The van der Waals surface area contributed by atoms with Crippen LogP contribution in [0.25, 0.3) is 0 Å². The number of nitro benzene ring substituents is 1. The summed E-state index contributed by atoms with van der Waals surface area (Å²) in [5.74, 6) is -0.260. The molecule has 0 aliphatic carbocycles. The monoisotopic (exact) mass is 332 g/mol. The Morgan fingerprint density at radius 1 is 1.30 bits per heavy atom. The van der Waals surface area contributed by atoms with E-state index in [4.69, 9.17) is 0 Å². The van der Waals surface area contributed by atoms with Crippen molar-refractivity contribution >= 4 is 34.3 Å². The van der Waals surface area contributed by atoms with Gasteiger partial charge in [-0.1, -0.05) is 6.07 Å². The number of nitrogens with one attached hydrogen (secondary N) is 2. The van der Waals surface area contributed by atoms with E-state index in [1.165, 1.54) is 17.4 Å². The minimum absolute atomic E-state index is 0.0101. The van der Waals surface area contributed by atoms with Crippen molar-refractivity contribution in [3.63, 3.8) is 0 Å². The first-order chi connectivity index (χ1) is 11.1. The summed E-state index contributed by atoms with van der Waals surface area (Å²) in [5, 5.41) is 19.1. The molecule has 120 valence electrons. The molecule has 1 aromatic carbocycles. The third-order valence-electron chi connectivity index (χ3n) is 3.63. The molecule has 0 radical (unpaired) electrons. The van der Waals surface area contributed by atoms with Crippen molar-refractivity contribution in [3.05, 3.63) is 50.7 Å². The first-order valence-electron chi connectivity index (χ1n) is 7.24. The Bertz CT molecular complexity index is 712. The second-order valence-corrected chi connectivity index (χ2v) is 6.08. The third-order valence-corrected chi connectivity index (χ3v) is 4.50. The molecule has 23 heavy (non-hydrogen) atoms. The summed E-state index contributed by atoms with van der Waals surface area (Å²) in [5.41, 5.74) is 1.02. The van der Waals surface area contributed by atoms with Gasteiger partial charge in [-0.25, -0.2) is 0 Å². The van der Waals surface area contributed by atoms with E-state index in [1.807, 2.05) is 10.3 Å².